The van der Waals surface area contributed by atoms with Crippen LogP contribution in [0.25, 0.3) is 0 Å². The van der Waals surface area contributed by atoms with Crippen molar-refractivity contribution in [3.05, 3.63) is 65.2 Å². The molecule has 0 saturated heterocycles. The lowest BCUT2D eigenvalue weighted by molar-refractivity contribution is 0.0850. The van der Waals surface area contributed by atoms with Crippen LogP contribution in [0.5, 0.6) is 5.75 Å². The molecule has 3 rings (SSSR count). The van der Waals surface area contributed by atoms with Gasteiger partial charge in [0.05, 0.1) is 12.0 Å². The number of carbonyl (C=O) groups is 1. The van der Waals surface area contributed by atoms with Crippen LogP contribution < -0.4 is 4.74 Å². The summed E-state index contributed by atoms with van der Waals surface area (Å²) >= 11 is 0. The number of fused-ring (bicyclic) bond motifs is 1. The van der Waals surface area contributed by atoms with Crippen LogP contribution in [0.4, 0.5) is 0 Å². The minimum absolute atomic E-state index is 0.157. The molecule has 2 nitrogen and oxygen atoms in total. The lowest BCUT2D eigenvalue weighted by Crippen LogP contribution is -2.20. The predicted octanol–water partition coefficient (Wildman–Crippen LogP) is 4.52. The predicted molar refractivity (Wildman–Crippen MR) is 79.3 cm³/mol. The molecule has 102 valence electrons. The molecule has 0 aliphatic carbocycles. The van der Waals surface area contributed by atoms with Crippen LogP contribution in [0.1, 0.15) is 53.8 Å². The Morgan fingerprint density at radius 2 is 1.75 bits per heavy atom. The monoisotopic (exact) mass is 266 g/mol. The molecule has 0 saturated carbocycles. The molecule has 1 unspecified atom stereocenters. The van der Waals surface area contributed by atoms with Gasteiger partial charge in [-0.05, 0) is 29.2 Å². The topological polar surface area (TPSA) is 26.3 Å². The lowest BCUT2D eigenvalue weighted by Gasteiger charge is -2.25. The van der Waals surface area contributed by atoms with Gasteiger partial charge >= 0.3 is 0 Å². The van der Waals surface area contributed by atoms with Crippen molar-refractivity contribution >= 4 is 5.78 Å². The molecular weight excluding hydrogens is 248 g/mol. The van der Waals surface area contributed by atoms with Gasteiger partial charge in [0, 0.05) is 0 Å². The minimum atomic E-state index is -0.168. The fourth-order valence-corrected chi connectivity index (χ4v) is 2.55. The summed E-state index contributed by atoms with van der Waals surface area (Å²) in [6.45, 7) is 4.35. The van der Waals surface area contributed by atoms with Crippen LogP contribution in [-0.4, -0.2) is 5.78 Å². The van der Waals surface area contributed by atoms with Crippen molar-refractivity contribution in [2.75, 3.05) is 0 Å². The van der Waals surface area contributed by atoms with Crippen molar-refractivity contribution in [3.63, 3.8) is 0 Å². The molecular formula is C18H18O2. The zero-order chi connectivity index (χ0) is 14.1. The van der Waals surface area contributed by atoms with E-state index in [0.717, 1.165) is 5.56 Å². The highest BCUT2D eigenvalue weighted by Crippen LogP contribution is 2.34. The smallest absolute Gasteiger partial charge is 0.170 e. The van der Waals surface area contributed by atoms with Gasteiger partial charge in [0.2, 0.25) is 0 Å². The molecule has 0 bridgehead atoms. The van der Waals surface area contributed by atoms with Gasteiger partial charge in [0.25, 0.3) is 0 Å². The SMILES string of the molecule is CC(C)c1ccc(C2CC(=O)c3ccccc3O2)cc1. The molecule has 1 aliphatic heterocycles. The Kier molecular flexibility index (Phi) is 3.31. The van der Waals surface area contributed by atoms with E-state index in [0.29, 0.717) is 23.7 Å². The first-order valence-electron chi connectivity index (χ1n) is 7.04. The third-order valence-corrected chi connectivity index (χ3v) is 3.80. The molecule has 20 heavy (non-hydrogen) atoms. The molecule has 2 heteroatoms. The normalized spacial score (nSPS) is 17.8. The number of rotatable bonds is 2. The molecule has 2 aromatic carbocycles. The Balaban J connectivity index is 1.88. The van der Waals surface area contributed by atoms with Crippen LogP contribution in [0, 0.1) is 0 Å². The van der Waals surface area contributed by atoms with E-state index in [1.165, 1.54) is 5.56 Å². The van der Waals surface area contributed by atoms with Crippen molar-refractivity contribution in [1.82, 2.24) is 0 Å². The van der Waals surface area contributed by atoms with Crippen molar-refractivity contribution in [1.29, 1.82) is 0 Å². The first kappa shape index (κ1) is 12.9. The quantitative estimate of drug-likeness (QED) is 0.799. The maximum absolute atomic E-state index is 12.2. The van der Waals surface area contributed by atoms with E-state index >= 15 is 0 Å². The summed E-state index contributed by atoms with van der Waals surface area (Å²) in [6.07, 6.45) is 0.247. The number of ether oxygens (including phenoxy) is 1. The average Bonchev–Trinajstić information content (AvgIpc) is 2.47. The highest BCUT2D eigenvalue weighted by Gasteiger charge is 2.27. The number of benzene rings is 2. The molecule has 2 aromatic rings. The summed E-state index contributed by atoms with van der Waals surface area (Å²) < 4.78 is 5.97. The van der Waals surface area contributed by atoms with Crippen molar-refractivity contribution in [2.45, 2.75) is 32.3 Å². The van der Waals surface area contributed by atoms with E-state index in [9.17, 15) is 4.79 Å². The number of hydrogen-bond acceptors (Lipinski definition) is 2. The molecule has 1 atom stereocenters. The third-order valence-electron chi connectivity index (χ3n) is 3.80. The number of para-hydroxylation sites is 1. The standard InChI is InChI=1S/C18H18O2/c1-12(2)13-7-9-14(10-8-13)18-11-16(19)15-5-3-4-6-17(15)20-18/h3-10,12,18H,11H2,1-2H3. The Morgan fingerprint density at radius 3 is 2.45 bits per heavy atom. The summed E-state index contributed by atoms with van der Waals surface area (Å²) in [5, 5.41) is 0. The summed E-state index contributed by atoms with van der Waals surface area (Å²) in [7, 11) is 0. The van der Waals surface area contributed by atoms with Crippen LogP contribution >= 0.6 is 0 Å². The lowest BCUT2D eigenvalue weighted by atomic mass is 9.94. The summed E-state index contributed by atoms with van der Waals surface area (Å²) in [6, 6.07) is 15.8. The zero-order valence-corrected chi connectivity index (χ0v) is 11.8. The fraction of sp³-hybridized carbons (Fsp3) is 0.278. The van der Waals surface area contributed by atoms with Gasteiger partial charge in [-0.2, -0.15) is 0 Å². The highest BCUT2D eigenvalue weighted by atomic mass is 16.5. The van der Waals surface area contributed by atoms with Crippen LogP contribution in [0.15, 0.2) is 48.5 Å². The van der Waals surface area contributed by atoms with Crippen molar-refractivity contribution in [3.8, 4) is 5.75 Å². The summed E-state index contributed by atoms with van der Waals surface area (Å²) in [4.78, 5) is 12.2. The highest BCUT2D eigenvalue weighted by molar-refractivity contribution is 5.99. The average molecular weight is 266 g/mol. The van der Waals surface area contributed by atoms with Gasteiger partial charge in [-0.1, -0.05) is 50.2 Å². The zero-order valence-electron chi connectivity index (χ0n) is 11.8. The Labute approximate surface area is 119 Å². The Bertz CT molecular complexity index is 626. The summed E-state index contributed by atoms with van der Waals surface area (Å²) in [5.41, 5.74) is 3.07. The van der Waals surface area contributed by atoms with Crippen LogP contribution in [-0.2, 0) is 0 Å². The number of Topliss-reactive ketones (excluding diaryl/α,β-unsaturated/α-hetero) is 1. The largest absolute Gasteiger partial charge is 0.484 e. The molecule has 0 fully saturated rings. The Hall–Kier alpha value is -2.09. The molecule has 1 heterocycles. The summed E-state index contributed by atoms with van der Waals surface area (Å²) in [5.74, 6) is 1.37. The van der Waals surface area contributed by atoms with E-state index in [-0.39, 0.29) is 11.9 Å². The first-order chi connectivity index (χ1) is 9.65. The molecule has 0 radical (unpaired) electrons. The van der Waals surface area contributed by atoms with Crippen molar-refractivity contribution in [2.24, 2.45) is 0 Å². The molecule has 0 amide bonds. The number of hydrogen-bond donors (Lipinski definition) is 0. The minimum Gasteiger partial charge on any atom is -0.484 e. The van der Waals surface area contributed by atoms with Gasteiger partial charge < -0.3 is 4.74 Å². The second kappa shape index (κ2) is 5.12. The third kappa shape index (κ3) is 2.34. The molecule has 0 spiro atoms. The maximum Gasteiger partial charge on any atom is 0.170 e. The van der Waals surface area contributed by atoms with Crippen LogP contribution in [0.3, 0.4) is 0 Å². The van der Waals surface area contributed by atoms with E-state index in [2.05, 4.69) is 38.1 Å². The molecule has 0 N–H and O–H groups in total. The second-order valence-electron chi connectivity index (χ2n) is 5.55. The van der Waals surface area contributed by atoms with Gasteiger partial charge in [0.15, 0.2) is 5.78 Å². The van der Waals surface area contributed by atoms with E-state index in [4.69, 9.17) is 4.74 Å². The van der Waals surface area contributed by atoms with Gasteiger partial charge in [-0.15, -0.1) is 0 Å². The van der Waals surface area contributed by atoms with E-state index < -0.39 is 0 Å². The van der Waals surface area contributed by atoms with Gasteiger partial charge in [0.1, 0.15) is 11.9 Å². The van der Waals surface area contributed by atoms with Crippen LogP contribution in [0.2, 0.25) is 0 Å². The van der Waals surface area contributed by atoms with Gasteiger partial charge in [-0.25, -0.2) is 0 Å². The fourth-order valence-electron chi connectivity index (χ4n) is 2.55. The molecule has 1 aliphatic rings. The van der Waals surface area contributed by atoms with E-state index in [1.54, 1.807) is 0 Å². The van der Waals surface area contributed by atoms with Crippen molar-refractivity contribution < 1.29 is 9.53 Å². The number of carbonyl (C=O) groups excluding carboxylic acids is 1. The van der Waals surface area contributed by atoms with Gasteiger partial charge in [-0.3, -0.25) is 4.79 Å². The maximum atomic E-state index is 12.2. The van der Waals surface area contributed by atoms with E-state index in [1.807, 2.05) is 24.3 Å². The number of ketones is 1. The second-order valence-corrected chi connectivity index (χ2v) is 5.55. The Morgan fingerprint density at radius 1 is 1.05 bits per heavy atom. The first-order valence-corrected chi connectivity index (χ1v) is 7.04. The molecule has 0 aromatic heterocycles.